The lowest BCUT2D eigenvalue weighted by molar-refractivity contribution is -0.137. The molecule has 3 aromatic rings. The summed E-state index contributed by atoms with van der Waals surface area (Å²) < 4.78 is 38.2. The number of hydrogen-bond donors (Lipinski definition) is 1. The van der Waals surface area contributed by atoms with Gasteiger partial charge in [-0.15, -0.1) is 11.3 Å². The van der Waals surface area contributed by atoms with Crippen molar-refractivity contribution in [1.82, 2.24) is 4.98 Å². The average molecular weight is 362 g/mol. The minimum absolute atomic E-state index is 0.0738. The number of alkyl halides is 3. The Labute approximate surface area is 146 Å². The van der Waals surface area contributed by atoms with Gasteiger partial charge in [0.1, 0.15) is 10.7 Å². The number of aromatic nitrogens is 1. The molecule has 1 aromatic heterocycles. The third kappa shape index (κ3) is 4.06. The third-order valence-corrected chi connectivity index (χ3v) is 4.37. The topological polar surface area (TPSA) is 42.0 Å². The van der Waals surface area contributed by atoms with Gasteiger partial charge < -0.3 is 5.32 Å². The fraction of sp³-hybridized carbons (Fsp3) is 0.111. The van der Waals surface area contributed by atoms with E-state index in [0.29, 0.717) is 5.01 Å². The van der Waals surface area contributed by atoms with Gasteiger partial charge in [-0.2, -0.15) is 13.2 Å². The quantitative estimate of drug-likeness (QED) is 0.679. The summed E-state index contributed by atoms with van der Waals surface area (Å²) in [5.41, 5.74) is 1.42. The van der Waals surface area contributed by atoms with Gasteiger partial charge in [0.25, 0.3) is 5.91 Å². The molecule has 0 spiro atoms. The minimum Gasteiger partial charge on any atom is -0.321 e. The average Bonchev–Trinajstić information content (AvgIpc) is 3.05. The highest BCUT2D eigenvalue weighted by Crippen LogP contribution is 2.31. The van der Waals surface area contributed by atoms with E-state index >= 15 is 0 Å². The maximum Gasteiger partial charge on any atom is 0.416 e. The molecule has 3 nitrogen and oxygen atoms in total. The number of benzene rings is 2. The Bertz CT molecular complexity index is 901. The van der Waals surface area contributed by atoms with Crippen LogP contribution >= 0.6 is 11.3 Å². The summed E-state index contributed by atoms with van der Waals surface area (Å²) in [4.78, 5) is 16.5. The maximum absolute atomic E-state index is 12.7. The molecular formula is C18H13F3N2OS. The number of carbonyl (C=O) groups excluding carboxylic acids is 1. The minimum atomic E-state index is -4.46. The Morgan fingerprint density at radius 2 is 1.84 bits per heavy atom. The van der Waals surface area contributed by atoms with E-state index in [1.807, 2.05) is 31.2 Å². The van der Waals surface area contributed by atoms with Crippen molar-refractivity contribution in [2.75, 3.05) is 5.32 Å². The zero-order valence-corrected chi connectivity index (χ0v) is 13.9. The molecule has 0 saturated carbocycles. The number of anilines is 1. The third-order valence-electron chi connectivity index (χ3n) is 3.48. The van der Waals surface area contributed by atoms with Crippen LogP contribution in [0.5, 0.6) is 0 Å². The summed E-state index contributed by atoms with van der Waals surface area (Å²) in [5, 5.41) is 4.71. The predicted octanol–water partition coefficient (Wildman–Crippen LogP) is 5.39. The van der Waals surface area contributed by atoms with Gasteiger partial charge in [-0.05, 0) is 25.1 Å². The van der Waals surface area contributed by atoms with Crippen molar-refractivity contribution in [3.63, 3.8) is 0 Å². The lowest BCUT2D eigenvalue weighted by Gasteiger charge is -2.09. The summed E-state index contributed by atoms with van der Waals surface area (Å²) in [6.07, 6.45) is -4.46. The highest BCUT2D eigenvalue weighted by molar-refractivity contribution is 7.13. The molecule has 1 N–H and O–H groups in total. The Hall–Kier alpha value is -2.67. The summed E-state index contributed by atoms with van der Waals surface area (Å²) in [6.45, 7) is 1.97. The van der Waals surface area contributed by atoms with Gasteiger partial charge >= 0.3 is 6.18 Å². The van der Waals surface area contributed by atoms with Crippen LogP contribution in [0.25, 0.3) is 10.6 Å². The second-order valence-electron chi connectivity index (χ2n) is 5.44. The van der Waals surface area contributed by atoms with Gasteiger partial charge in [0.2, 0.25) is 0 Å². The number of amides is 1. The summed E-state index contributed by atoms with van der Waals surface area (Å²) in [7, 11) is 0. The first kappa shape index (κ1) is 17.2. The highest BCUT2D eigenvalue weighted by Gasteiger charge is 2.30. The van der Waals surface area contributed by atoms with Crippen LogP contribution in [0.3, 0.4) is 0 Å². The van der Waals surface area contributed by atoms with Crippen molar-refractivity contribution in [2.45, 2.75) is 13.1 Å². The van der Waals surface area contributed by atoms with Crippen molar-refractivity contribution in [3.8, 4) is 10.6 Å². The molecule has 0 unspecified atom stereocenters. The lowest BCUT2D eigenvalue weighted by Crippen LogP contribution is -2.13. The highest BCUT2D eigenvalue weighted by atomic mass is 32.1. The first-order chi connectivity index (χ1) is 11.8. The molecule has 0 atom stereocenters. The number of aryl methyl sites for hydroxylation is 1. The SMILES string of the molecule is Cc1ccc(-c2nc(C(=O)Nc3cccc(C(F)(F)F)c3)cs2)cc1. The molecule has 0 aliphatic rings. The Balaban J connectivity index is 1.77. The first-order valence-corrected chi connectivity index (χ1v) is 8.22. The normalized spacial score (nSPS) is 11.4. The van der Waals surface area contributed by atoms with Crippen LogP contribution in [0, 0.1) is 6.92 Å². The summed E-state index contributed by atoms with van der Waals surface area (Å²) >= 11 is 1.30. The molecule has 0 bridgehead atoms. The van der Waals surface area contributed by atoms with Crippen molar-refractivity contribution in [2.24, 2.45) is 0 Å². The molecular weight excluding hydrogens is 349 g/mol. The molecule has 7 heteroatoms. The maximum atomic E-state index is 12.7. The first-order valence-electron chi connectivity index (χ1n) is 7.34. The molecule has 0 radical (unpaired) electrons. The fourth-order valence-electron chi connectivity index (χ4n) is 2.18. The molecule has 1 heterocycles. The zero-order valence-electron chi connectivity index (χ0n) is 13.1. The van der Waals surface area contributed by atoms with Gasteiger partial charge in [-0.1, -0.05) is 35.9 Å². The van der Waals surface area contributed by atoms with E-state index < -0.39 is 17.6 Å². The number of nitrogens with zero attached hydrogens (tertiary/aromatic N) is 1. The molecule has 2 aromatic carbocycles. The van der Waals surface area contributed by atoms with Crippen LogP contribution in [-0.4, -0.2) is 10.9 Å². The van der Waals surface area contributed by atoms with Gasteiger partial charge in [0.15, 0.2) is 0 Å². The molecule has 0 saturated heterocycles. The van der Waals surface area contributed by atoms with E-state index in [0.717, 1.165) is 23.3 Å². The van der Waals surface area contributed by atoms with Crippen LogP contribution in [0.4, 0.5) is 18.9 Å². The number of rotatable bonds is 3. The van der Waals surface area contributed by atoms with Gasteiger partial charge in [0, 0.05) is 16.6 Å². The van der Waals surface area contributed by atoms with Crippen LogP contribution in [-0.2, 0) is 6.18 Å². The van der Waals surface area contributed by atoms with E-state index in [4.69, 9.17) is 0 Å². The van der Waals surface area contributed by atoms with Crippen molar-refractivity contribution >= 4 is 22.9 Å². The number of carbonyl (C=O) groups is 1. The molecule has 0 fully saturated rings. The fourth-order valence-corrected chi connectivity index (χ4v) is 2.98. The van der Waals surface area contributed by atoms with Crippen LogP contribution in [0.2, 0.25) is 0 Å². The molecule has 0 aliphatic carbocycles. The monoisotopic (exact) mass is 362 g/mol. The van der Waals surface area contributed by atoms with E-state index in [1.165, 1.54) is 23.5 Å². The Morgan fingerprint density at radius 3 is 2.52 bits per heavy atom. The zero-order chi connectivity index (χ0) is 18.0. The second kappa shape index (κ2) is 6.68. The molecule has 3 rings (SSSR count). The van der Waals surface area contributed by atoms with E-state index in [2.05, 4.69) is 10.3 Å². The molecule has 128 valence electrons. The Morgan fingerprint density at radius 1 is 1.12 bits per heavy atom. The smallest absolute Gasteiger partial charge is 0.321 e. The molecule has 0 aliphatic heterocycles. The van der Waals surface area contributed by atoms with E-state index in [9.17, 15) is 18.0 Å². The van der Waals surface area contributed by atoms with E-state index in [1.54, 1.807) is 5.38 Å². The van der Waals surface area contributed by atoms with Crippen molar-refractivity contribution in [1.29, 1.82) is 0 Å². The number of hydrogen-bond acceptors (Lipinski definition) is 3. The van der Waals surface area contributed by atoms with Gasteiger partial charge in [-0.3, -0.25) is 4.79 Å². The van der Waals surface area contributed by atoms with Crippen molar-refractivity contribution in [3.05, 3.63) is 70.7 Å². The van der Waals surface area contributed by atoms with Crippen LogP contribution in [0.15, 0.2) is 53.9 Å². The standard InChI is InChI=1S/C18H13F3N2OS/c1-11-5-7-12(8-6-11)17-23-15(10-25-17)16(24)22-14-4-2-3-13(9-14)18(19,20)21/h2-10H,1H3,(H,22,24). The lowest BCUT2D eigenvalue weighted by atomic mass is 10.2. The number of nitrogens with one attached hydrogen (secondary N) is 1. The van der Waals surface area contributed by atoms with Gasteiger partial charge in [-0.25, -0.2) is 4.98 Å². The molecule has 25 heavy (non-hydrogen) atoms. The van der Waals surface area contributed by atoms with E-state index in [-0.39, 0.29) is 11.4 Å². The second-order valence-corrected chi connectivity index (χ2v) is 6.29. The predicted molar refractivity (Wildman–Crippen MR) is 91.7 cm³/mol. The molecule has 1 amide bonds. The summed E-state index contributed by atoms with van der Waals surface area (Å²) in [5.74, 6) is -0.547. The number of thiazole rings is 1. The van der Waals surface area contributed by atoms with Gasteiger partial charge in [0.05, 0.1) is 5.56 Å². The van der Waals surface area contributed by atoms with Crippen LogP contribution in [0.1, 0.15) is 21.6 Å². The number of halogens is 3. The van der Waals surface area contributed by atoms with Crippen LogP contribution < -0.4 is 5.32 Å². The Kier molecular flexibility index (Phi) is 4.59. The van der Waals surface area contributed by atoms with Crippen molar-refractivity contribution < 1.29 is 18.0 Å². The summed E-state index contributed by atoms with van der Waals surface area (Å²) in [6, 6.07) is 12.2. The largest absolute Gasteiger partial charge is 0.416 e.